The largest absolute Gasteiger partial charge is 0.345 e. The zero-order valence-corrected chi connectivity index (χ0v) is 16.2. The van der Waals surface area contributed by atoms with Crippen molar-refractivity contribution in [1.29, 1.82) is 0 Å². The molecule has 2 amide bonds. The Hall–Kier alpha value is -1.95. The predicted octanol–water partition coefficient (Wildman–Crippen LogP) is 2.36. The molecule has 0 N–H and O–H groups in total. The van der Waals surface area contributed by atoms with E-state index in [0.29, 0.717) is 39.1 Å². The average molecular weight is 363 g/mol. The molecule has 0 aromatic heterocycles. The number of hydrogen-bond acceptors (Lipinski definition) is 3. The third-order valence-electron chi connectivity index (χ3n) is 5.10. The second kappa shape index (κ2) is 9.12. The zero-order chi connectivity index (χ0) is 19.3. The third kappa shape index (κ3) is 5.27. The van der Waals surface area contributed by atoms with Crippen LogP contribution in [0, 0.1) is 11.7 Å². The van der Waals surface area contributed by atoms with E-state index in [1.54, 1.807) is 24.1 Å². The van der Waals surface area contributed by atoms with Crippen molar-refractivity contribution in [3.63, 3.8) is 0 Å². The van der Waals surface area contributed by atoms with E-state index in [1.807, 2.05) is 11.8 Å². The van der Waals surface area contributed by atoms with Crippen LogP contribution in [0.4, 0.5) is 4.39 Å². The SMILES string of the molecule is CCN(C)C(=O)CN1CCC(=O)N(Cc2ccc(F)cc2)[C@@H](C(C)C)C1. The molecule has 0 bridgehead atoms. The van der Waals surface area contributed by atoms with Crippen LogP contribution in [-0.2, 0) is 16.1 Å². The van der Waals surface area contributed by atoms with Gasteiger partial charge in [0.1, 0.15) is 5.82 Å². The standard InChI is InChI=1S/C20H30FN3O2/c1-5-22(4)20(26)14-23-11-10-19(25)24(18(13-23)15(2)3)12-16-6-8-17(21)9-7-16/h6-9,15,18H,5,10-14H2,1-4H3/t18-/m1/s1. The Morgan fingerprint density at radius 1 is 1.31 bits per heavy atom. The van der Waals surface area contributed by atoms with Gasteiger partial charge < -0.3 is 9.80 Å². The number of likely N-dealkylation sites (N-methyl/N-ethyl adjacent to an activating group) is 1. The van der Waals surface area contributed by atoms with Gasteiger partial charge in [-0.1, -0.05) is 26.0 Å². The minimum atomic E-state index is -0.277. The number of rotatable bonds is 6. The molecule has 1 aliphatic rings. The van der Waals surface area contributed by atoms with E-state index < -0.39 is 0 Å². The molecule has 1 heterocycles. The van der Waals surface area contributed by atoms with Gasteiger partial charge in [0.2, 0.25) is 11.8 Å². The second-order valence-corrected chi connectivity index (χ2v) is 7.35. The van der Waals surface area contributed by atoms with Crippen LogP contribution < -0.4 is 0 Å². The molecule has 6 heteroatoms. The Morgan fingerprint density at radius 3 is 2.54 bits per heavy atom. The third-order valence-corrected chi connectivity index (χ3v) is 5.10. The summed E-state index contributed by atoms with van der Waals surface area (Å²) in [4.78, 5) is 30.7. The molecule has 26 heavy (non-hydrogen) atoms. The van der Waals surface area contributed by atoms with Crippen molar-refractivity contribution >= 4 is 11.8 Å². The summed E-state index contributed by atoms with van der Waals surface area (Å²) in [5.41, 5.74) is 0.917. The van der Waals surface area contributed by atoms with E-state index in [2.05, 4.69) is 18.7 Å². The summed E-state index contributed by atoms with van der Waals surface area (Å²) < 4.78 is 13.2. The fourth-order valence-electron chi connectivity index (χ4n) is 3.23. The number of carbonyl (C=O) groups is 2. The fourth-order valence-corrected chi connectivity index (χ4v) is 3.23. The summed E-state index contributed by atoms with van der Waals surface area (Å²) in [5, 5.41) is 0. The number of amides is 2. The first kappa shape index (κ1) is 20.4. The second-order valence-electron chi connectivity index (χ2n) is 7.35. The molecule has 5 nitrogen and oxygen atoms in total. The maximum atomic E-state index is 13.2. The molecule has 0 aliphatic carbocycles. The van der Waals surface area contributed by atoms with Gasteiger partial charge in [-0.2, -0.15) is 0 Å². The quantitative estimate of drug-likeness (QED) is 0.779. The van der Waals surface area contributed by atoms with Gasteiger partial charge in [-0.3, -0.25) is 14.5 Å². The Morgan fingerprint density at radius 2 is 1.96 bits per heavy atom. The summed E-state index contributed by atoms with van der Waals surface area (Å²) in [6, 6.07) is 6.32. The van der Waals surface area contributed by atoms with Crippen LogP contribution in [0.3, 0.4) is 0 Å². The van der Waals surface area contributed by atoms with Crippen LogP contribution in [0.25, 0.3) is 0 Å². The Kier molecular flexibility index (Phi) is 7.14. The van der Waals surface area contributed by atoms with Gasteiger partial charge in [0, 0.05) is 45.7 Å². The van der Waals surface area contributed by atoms with Crippen molar-refractivity contribution in [2.24, 2.45) is 5.92 Å². The number of nitrogens with zero attached hydrogens (tertiary/aromatic N) is 3. The van der Waals surface area contributed by atoms with Crippen LogP contribution in [0.5, 0.6) is 0 Å². The zero-order valence-electron chi connectivity index (χ0n) is 16.2. The van der Waals surface area contributed by atoms with Gasteiger partial charge in [-0.15, -0.1) is 0 Å². The van der Waals surface area contributed by atoms with Crippen LogP contribution in [-0.4, -0.2) is 65.8 Å². The Bertz CT molecular complexity index is 618. The van der Waals surface area contributed by atoms with Gasteiger partial charge >= 0.3 is 0 Å². The van der Waals surface area contributed by atoms with E-state index >= 15 is 0 Å². The average Bonchev–Trinajstić information content (AvgIpc) is 2.76. The maximum Gasteiger partial charge on any atom is 0.236 e. The molecular formula is C20H30FN3O2. The first-order valence-electron chi connectivity index (χ1n) is 9.32. The van der Waals surface area contributed by atoms with Gasteiger partial charge in [-0.25, -0.2) is 4.39 Å². The van der Waals surface area contributed by atoms with Crippen LogP contribution >= 0.6 is 0 Å². The van der Waals surface area contributed by atoms with Gasteiger partial charge in [-0.05, 0) is 30.5 Å². The lowest BCUT2D eigenvalue weighted by atomic mass is 10.0. The molecule has 1 fully saturated rings. The summed E-state index contributed by atoms with van der Waals surface area (Å²) in [6.45, 7) is 8.89. The monoisotopic (exact) mass is 363 g/mol. The van der Waals surface area contributed by atoms with Crippen LogP contribution in [0.15, 0.2) is 24.3 Å². The van der Waals surface area contributed by atoms with E-state index in [0.717, 1.165) is 5.56 Å². The maximum absolute atomic E-state index is 13.2. The topological polar surface area (TPSA) is 43.9 Å². The number of benzene rings is 1. The molecule has 1 aromatic rings. The highest BCUT2D eigenvalue weighted by molar-refractivity contribution is 5.79. The lowest BCUT2D eigenvalue weighted by Gasteiger charge is -2.35. The van der Waals surface area contributed by atoms with Crippen molar-refractivity contribution in [2.45, 2.75) is 39.8 Å². The van der Waals surface area contributed by atoms with Crippen molar-refractivity contribution in [3.8, 4) is 0 Å². The highest BCUT2D eigenvalue weighted by Gasteiger charge is 2.32. The van der Waals surface area contributed by atoms with Gasteiger partial charge in [0.05, 0.1) is 6.54 Å². The van der Waals surface area contributed by atoms with Crippen molar-refractivity contribution < 1.29 is 14.0 Å². The molecule has 1 atom stereocenters. The fraction of sp³-hybridized carbons (Fsp3) is 0.600. The molecule has 0 unspecified atom stereocenters. The number of halogens is 1. The molecule has 0 spiro atoms. The molecule has 0 saturated carbocycles. The first-order valence-corrected chi connectivity index (χ1v) is 9.32. The molecule has 2 rings (SSSR count). The highest BCUT2D eigenvalue weighted by atomic mass is 19.1. The summed E-state index contributed by atoms with van der Waals surface area (Å²) in [6.07, 6.45) is 0.396. The summed E-state index contributed by atoms with van der Waals surface area (Å²) in [7, 11) is 1.80. The van der Waals surface area contributed by atoms with E-state index in [1.165, 1.54) is 12.1 Å². The summed E-state index contributed by atoms with van der Waals surface area (Å²) >= 11 is 0. The van der Waals surface area contributed by atoms with Crippen molar-refractivity contribution in [2.75, 3.05) is 33.2 Å². The number of hydrogen-bond donors (Lipinski definition) is 0. The Labute approximate surface area is 155 Å². The van der Waals surface area contributed by atoms with Crippen LogP contribution in [0.1, 0.15) is 32.8 Å². The lowest BCUT2D eigenvalue weighted by Crippen LogP contribution is -2.47. The van der Waals surface area contributed by atoms with E-state index in [9.17, 15) is 14.0 Å². The highest BCUT2D eigenvalue weighted by Crippen LogP contribution is 2.21. The summed E-state index contributed by atoms with van der Waals surface area (Å²) in [5.74, 6) is 0.154. The minimum Gasteiger partial charge on any atom is -0.345 e. The van der Waals surface area contributed by atoms with Crippen molar-refractivity contribution in [1.82, 2.24) is 14.7 Å². The normalized spacial score (nSPS) is 18.9. The molecule has 0 radical (unpaired) electrons. The smallest absolute Gasteiger partial charge is 0.236 e. The Balaban J connectivity index is 2.14. The van der Waals surface area contributed by atoms with Gasteiger partial charge in [0.15, 0.2) is 0 Å². The number of carbonyl (C=O) groups excluding carboxylic acids is 2. The molecule has 1 aromatic carbocycles. The first-order chi connectivity index (χ1) is 12.3. The van der Waals surface area contributed by atoms with Gasteiger partial charge in [0.25, 0.3) is 0 Å². The molecular weight excluding hydrogens is 333 g/mol. The molecule has 1 saturated heterocycles. The van der Waals surface area contributed by atoms with E-state index in [4.69, 9.17) is 0 Å². The van der Waals surface area contributed by atoms with Crippen molar-refractivity contribution in [3.05, 3.63) is 35.6 Å². The minimum absolute atomic E-state index is 0.0229. The molecule has 1 aliphatic heterocycles. The predicted molar refractivity (Wildman–Crippen MR) is 99.9 cm³/mol. The van der Waals surface area contributed by atoms with E-state index in [-0.39, 0.29) is 29.6 Å². The molecule has 144 valence electrons. The van der Waals surface area contributed by atoms with Crippen LogP contribution in [0.2, 0.25) is 0 Å². The lowest BCUT2D eigenvalue weighted by molar-refractivity contribution is -0.134.